The van der Waals surface area contributed by atoms with Crippen molar-refractivity contribution in [3.63, 3.8) is 0 Å². The molecule has 0 aliphatic carbocycles. The van der Waals surface area contributed by atoms with Gasteiger partial charge < -0.3 is 9.64 Å². The lowest BCUT2D eigenvalue weighted by Gasteiger charge is -2.23. The van der Waals surface area contributed by atoms with E-state index in [4.69, 9.17) is 4.74 Å². The second-order valence-electron chi connectivity index (χ2n) is 6.87. The number of amides is 1. The zero-order valence-corrected chi connectivity index (χ0v) is 17.7. The summed E-state index contributed by atoms with van der Waals surface area (Å²) >= 11 is 0. The van der Waals surface area contributed by atoms with Gasteiger partial charge in [-0.2, -0.15) is 0 Å². The van der Waals surface area contributed by atoms with Crippen molar-refractivity contribution in [3.8, 4) is 5.75 Å². The molecule has 2 aromatic rings. The molecular formula is C21H28N2O4S. The number of anilines is 1. The molecule has 7 heteroatoms. The van der Waals surface area contributed by atoms with Gasteiger partial charge in [-0.1, -0.05) is 29.8 Å². The van der Waals surface area contributed by atoms with Gasteiger partial charge in [0.2, 0.25) is 15.9 Å². The van der Waals surface area contributed by atoms with E-state index in [1.165, 1.54) is 16.1 Å². The van der Waals surface area contributed by atoms with Gasteiger partial charge in [-0.25, -0.2) is 8.42 Å². The largest absolute Gasteiger partial charge is 0.497 e. The quantitative estimate of drug-likeness (QED) is 0.644. The molecule has 0 unspecified atom stereocenters. The van der Waals surface area contributed by atoms with E-state index in [1.807, 2.05) is 31.2 Å². The first-order chi connectivity index (χ1) is 13.2. The maximum atomic E-state index is 12.4. The molecule has 28 heavy (non-hydrogen) atoms. The molecule has 0 N–H and O–H groups in total. The van der Waals surface area contributed by atoms with Crippen molar-refractivity contribution >= 4 is 21.6 Å². The molecule has 1 amide bonds. The molecule has 0 atom stereocenters. The number of hydrogen-bond acceptors (Lipinski definition) is 4. The summed E-state index contributed by atoms with van der Waals surface area (Å²) in [4.78, 5) is 14.1. The predicted molar refractivity (Wildman–Crippen MR) is 112 cm³/mol. The minimum Gasteiger partial charge on any atom is -0.497 e. The highest BCUT2D eigenvalue weighted by Gasteiger charge is 2.18. The Kier molecular flexibility index (Phi) is 7.45. The predicted octanol–water partition coefficient (Wildman–Crippen LogP) is 3.21. The smallest absolute Gasteiger partial charge is 0.232 e. The Morgan fingerprint density at radius 1 is 1.04 bits per heavy atom. The van der Waals surface area contributed by atoms with Gasteiger partial charge in [0.15, 0.2) is 0 Å². The van der Waals surface area contributed by atoms with Crippen LogP contribution in [0.2, 0.25) is 0 Å². The number of carbonyl (C=O) groups excluding carboxylic acids is 1. The van der Waals surface area contributed by atoms with E-state index in [0.717, 1.165) is 5.56 Å². The van der Waals surface area contributed by atoms with Gasteiger partial charge in [-0.15, -0.1) is 0 Å². The summed E-state index contributed by atoms with van der Waals surface area (Å²) in [5, 5.41) is 0. The first-order valence-electron chi connectivity index (χ1n) is 9.12. The summed E-state index contributed by atoms with van der Waals surface area (Å²) < 4.78 is 30.8. The number of benzene rings is 2. The van der Waals surface area contributed by atoms with Crippen molar-refractivity contribution in [2.75, 3.05) is 31.3 Å². The van der Waals surface area contributed by atoms with Crippen molar-refractivity contribution in [1.82, 2.24) is 4.90 Å². The third-order valence-corrected chi connectivity index (χ3v) is 5.67. The van der Waals surface area contributed by atoms with Crippen LogP contribution in [0.4, 0.5) is 5.69 Å². The van der Waals surface area contributed by atoms with Crippen LogP contribution in [0.5, 0.6) is 5.75 Å². The topological polar surface area (TPSA) is 66.9 Å². The summed E-state index contributed by atoms with van der Waals surface area (Å²) in [5.74, 6) is 0.647. The molecule has 0 aromatic heterocycles. The summed E-state index contributed by atoms with van der Waals surface area (Å²) in [6.45, 7) is 2.80. The molecule has 0 radical (unpaired) electrons. The second kappa shape index (κ2) is 9.59. The highest BCUT2D eigenvalue weighted by molar-refractivity contribution is 7.92. The molecule has 0 saturated carbocycles. The molecule has 0 heterocycles. The average Bonchev–Trinajstić information content (AvgIpc) is 2.66. The van der Waals surface area contributed by atoms with E-state index < -0.39 is 10.0 Å². The standard InChI is InChI=1S/C21H28N2O4S/c1-17-7-9-18(10-8-17)16-22(2)21(24)6-5-15-23(28(4,25)26)19-11-13-20(27-3)14-12-19/h7-14H,5-6,15-16H2,1-4H3. The van der Waals surface area contributed by atoms with Crippen LogP contribution in [-0.4, -0.2) is 46.2 Å². The first kappa shape index (κ1) is 21.8. The average molecular weight is 405 g/mol. The van der Waals surface area contributed by atoms with Gasteiger partial charge >= 0.3 is 0 Å². The molecular weight excluding hydrogens is 376 g/mol. The van der Waals surface area contributed by atoms with E-state index in [2.05, 4.69) is 0 Å². The monoisotopic (exact) mass is 404 g/mol. The zero-order chi connectivity index (χ0) is 20.7. The van der Waals surface area contributed by atoms with Crippen LogP contribution in [0.15, 0.2) is 48.5 Å². The molecule has 0 bridgehead atoms. The molecule has 2 aromatic carbocycles. The summed E-state index contributed by atoms with van der Waals surface area (Å²) in [6.07, 6.45) is 1.89. The van der Waals surface area contributed by atoms with E-state index in [0.29, 0.717) is 24.4 Å². The maximum absolute atomic E-state index is 12.4. The number of aryl methyl sites for hydroxylation is 1. The maximum Gasteiger partial charge on any atom is 0.232 e. The fraction of sp³-hybridized carbons (Fsp3) is 0.381. The van der Waals surface area contributed by atoms with Crippen molar-refractivity contribution in [2.45, 2.75) is 26.3 Å². The van der Waals surface area contributed by atoms with Crippen LogP contribution < -0.4 is 9.04 Å². The van der Waals surface area contributed by atoms with Gasteiger partial charge in [0.25, 0.3) is 0 Å². The highest BCUT2D eigenvalue weighted by atomic mass is 32.2. The van der Waals surface area contributed by atoms with Crippen LogP contribution in [0.3, 0.4) is 0 Å². The molecule has 0 spiro atoms. The Hall–Kier alpha value is -2.54. The van der Waals surface area contributed by atoms with E-state index in [1.54, 1.807) is 43.3 Å². The summed E-state index contributed by atoms with van der Waals surface area (Å²) in [5.41, 5.74) is 2.80. The lowest BCUT2D eigenvalue weighted by Crippen LogP contribution is -2.32. The second-order valence-corrected chi connectivity index (χ2v) is 8.78. The van der Waals surface area contributed by atoms with Crippen molar-refractivity contribution in [2.24, 2.45) is 0 Å². The van der Waals surface area contributed by atoms with Crippen LogP contribution in [0.1, 0.15) is 24.0 Å². The molecule has 152 valence electrons. The third-order valence-electron chi connectivity index (χ3n) is 4.48. The Bertz CT molecular complexity index is 878. The Labute approximate surface area is 167 Å². The Morgan fingerprint density at radius 3 is 2.18 bits per heavy atom. The van der Waals surface area contributed by atoms with Crippen LogP contribution in [0.25, 0.3) is 0 Å². The number of nitrogens with zero attached hydrogens (tertiary/aromatic N) is 2. The Morgan fingerprint density at radius 2 is 1.64 bits per heavy atom. The highest BCUT2D eigenvalue weighted by Crippen LogP contribution is 2.22. The third kappa shape index (κ3) is 6.27. The molecule has 2 rings (SSSR count). The minimum atomic E-state index is -3.44. The fourth-order valence-corrected chi connectivity index (χ4v) is 3.82. The molecule has 0 aliphatic heterocycles. The molecule has 0 saturated heterocycles. The summed E-state index contributed by atoms with van der Waals surface area (Å²) in [6, 6.07) is 14.9. The fourth-order valence-electron chi connectivity index (χ4n) is 2.86. The van der Waals surface area contributed by atoms with E-state index in [9.17, 15) is 13.2 Å². The lowest BCUT2D eigenvalue weighted by molar-refractivity contribution is -0.130. The van der Waals surface area contributed by atoms with E-state index in [-0.39, 0.29) is 18.9 Å². The lowest BCUT2D eigenvalue weighted by atomic mass is 10.1. The van der Waals surface area contributed by atoms with Crippen molar-refractivity contribution < 1.29 is 17.9 Å². The van der Waals surface area contributed by atoms with E-state index >= 15 is 0 Å². The number of ether oxygens (including phenoxy) is 1. The normalized spacial score (nSPS) is 11.1. The minimum absolute atomic E-state index is 0.0104. The first-order valence-corrected chi connectivity index (χ1v) is 11.0. The van der Waals surface area contributed by atoms with Gasteiger partial charge in [-0.05, 0) is 43.2 Å². The van der Waals surface area contributed by atoms with Gasteiger partial charge in [0.05, 0.1) is 19.1 Å². The Balaban J connectivity index is 1.93. The number of carbonyl (C=O) groups is 1. The zero-order valence-electron chi connectivity index (χ0n) is 16.9. The molecule has 6 nitrogen and oxygen atoms in total. The SMILES string of the molecule is COc1ccc(N(CCCC(=O)N(C)Cc2ccc(C)cc2)S(C)(=O)=O)cc1. The molecule has 0 fully saturated rings. The van der Waals surface area contributed by atoms with Crippen molar-refractivity contribution in [1.29, 1.82) is 0 Å². The van der Waals surface area contributed by atoms with Crippen LogP contribution >= 0.6 is 0 Å². The molecule has 0 aliphatic rings. The van der Waals surface area contributed by atoms with Crippen molar-refractivity contribution in [3.05, 3.63) is 59.7 Å². The van der Waals surface area contributed by atoms with Gasteiger partial charge in [-0.3, -0.25) is 9.10 Å². The van der Waals surface area contributed by atoms with Gasteiger partial charge in [0, 0.05) is 26.6 Å². The number of rotatable bonds is 9. The van der Waals surface area contributed by atoms with Gasteiger partial charge in [0.1, 0.15) is 5.75 Å². The number of methoxy groups -OCH3 is 1. The number of sulfonamides is 1. The van der Waals surface area contributed by atoms with Crippen LogP contribution in [-0.2, 0) is 21.4 Å². The number of hydrogen-bond donors (Lipinski definition) is 0. The van der Waals surface area contributed by atoms with Crippen LogP contribution in [0, 0.1) is 6.92 Å². The summed E-state index contributed by atoms with van der Waals surface area (Å²) in [7, 11) is -0.119.